The Labute approximate surface area is 188 Å². The zero-order valence-corrected chi connectivity index (χ0v) is 19.8. The first-order chi connectivity index (χ1) is 13.2. The van der Waals surface area contributed by atoms with E-state index in [1.54, 1.807) is 11.3 Å². The van der Waals surface area contributed by atoms with Gasteiger partial charge in [0.1, 0.15) is 0 Å². The molecule has 0 radical (unpaired) electrons. The molecule has 28 heavy (non-hydrogen) atoms. The molecule has 0 aliphatic carbocycles. The number of hydrogen-bond acceptors (Lipinski definition) is 4. The lowest BCUT2D eigenvalue weighted by Gasteiger charge is -2.11. The second-order valence-corrected chi connectivity index (χ2v) is 7.40. The number of nitrogens with one attached hydrogen (secondary N) is 2. The minimum atomic E-state index is 0. The molecule has 0 aliphatic rings. The molecule has 2 heterocycles. The van der Waals surface area contributed by atoms with Crippen molar-refractivity contribution in [3.8, 4) is 0 Å². The fourth-order valence-corrected chi connectivity index (χ4v) is 3.62. The Hall–Kier alpha value is -1.81. The monoisotopic (exact) mass is 512 g/mol. The molecule has 0 spiro atoms. The minimum Gasteiger partial charge on any atom is -0.357 e. The van der Waals surface area contributed by atoms with Crippen molar-refractivity contribution in [1.29, 1.82) is 0 Å². The minimum absolute atomic E-state index is 0. The van der Waals surface area contributed by atoms with Crippen LogP contribution in [0.15, 0.2) is 46.9 Å². The van der Waals surface area contributed by atoms with Crippen LogP contribution in [0.5, 0.6) is 0 Å². The fourth-order valence-electron chi connectivity index (χ4n) is 2.87. The lowest BCUT2D eigenvalue weighted by atomic mass is 10.2. The van der Waals surface area contributed by atoms with E-state index in [4.69, 9.17) is 0 Å². The number of benzene rings is 1. The number of halogens is 1. The third kappa shape index (κ3) is 6.10. The van der Waals surface area contributed by atoms with Crippen LogP contribution in [0.3, 0.4) is 0 Å². The highest BCUT2D eigenvalue weighted by atomic mass is 127. The number of aromatic nitrogens is 2. The van der Waals surface area contributed by atoms with Gasteiger partial charge in [-0.1, -0.05) is 18.2 Å². The largest absolute Gasteiger partial charge is 0.357 e. The number of guanidine groups is 1. The summed E-state index contributed by atoms with van der Waals surface area (Å²) in [5.74, 6) is 0.842. The Morgan fingerprint density at radius 1 is 1.21 bits per heavy atom. The molecule has 0 amide bonds. The van der Waals surface area contributed by atoms with Gasteiger partial charge in [-0.2, -0.15) is 0 Å². The first kappa shape index (κ1) is 22.5. The molecular formula is C20H29IN6S. The number of fused-ring (bicyclic) bond motifs is 1. The van der Waals surface area contributed by atoms with Crippen LogP contribution in [0.25, 0.3) is 10.9 Å². The highest BCUT2D eigenvalue weighted by Gasteiger charge is 2.04. The van der Waals surface area contributed by atoms with E-state index in [0.29, 0.717) is 6.54 Å². The van der Waals surface area contributed by atoms with E-state index in [1.807, 2.05) is 19.0 Å². The fraction of sp³-hybridized carbons (Fsp3) is 0.400. The number of nitrogens with zero attached hydrogens (tertiary/aromatic N) is 4. The van der Waals surface area contributed by atoms with Crippen molar-refractivity contribution < 1.29 is 0 Å². The molecule has 2 aromatic heterocycles. The van der Waals surface area contributed by atoms with E-state index in [-0.39, 0.29) is 24.0 Å². The molecule has 2 N–H and O–H groups in total. The summed E-state index contributed by atoms with van der Waals surface area (Å²) in [5.41, 5.74) is 2.29. The van der Waals surface area contributed by atoms with Gasteiger partial charge in [-0.3, -0.25) is 0 Å². The summed E-state index contributed by atoms with van der Waals surface area (Å²) in [7, 11) is 4.01. The van der Waals surface area contributed by atoms with Crippen molar-refractivity contribution >= 4 is 57.3 Å². The van der Waals surface area contributed by atoms with Crippen molar-refractivity contribution in [3.05, 3.63) is 47.6 Å². The SMILES string of the molecule is CCNC(=NCc1csc(N(C)C)n1)NCCCn1ccc2ccccc21.I. The molecule has 3 aromatic rings. The third-order valence-electron chi connectivity index (χ3n) is 4.21. The smallest absolute Gasteiger partial charge is 0.191 e. The predicted molar refractivity (Wildman–Crippen MR) is 131 cm³/mol. The average molecular weight is 512 g/mol. The van der Waals surface area contributed by atoms with Crippen LogP contribution in [0.4, 0.5) is 5.13 Å². The number of aliphatic imine (C=N–C) groups is 1. The first-order valence-corrected chi connectivity index (χ1v) is 10.2. The standard InChI is InChI=1S/C20H28N6S.HI/c1-4-21-19(23-14-17-15-27-20(24-17)25(2)3)22-11-7-12-26-13-10-16-8-5-6-9-18(16)26;/h5-6,8-10,13,15H,4,7,11-12,14H2,1-3H3,(H2,21,22,23);1H. The van der Waals surface area contributed by atoms with Crippen LogP contribution in [-0.4, -0.2) is 42.7 Å². The summed E-state index contributed by atoms with van der Waals surface area (Å²) in [5, 5.41) is 11.1. The van der Waals surface area contributed by atoms with Gasteiger partial charge in [0.05, 0.1) is 12.2 Å². The van der Waals surface area contributed by atoms with Gasteiger partial charge < -0.3 is 20.1 Å². The Bertz CT molecular complexity index is 886. The van der Waals surface area contributed by atoms with Gasteiger partial charge in [0, 0.05) is 50.8 Å². The molecule has 0 fully saturated rings. The van der Waals surface area contributed by atoms with Crippen LogP contribution in [-0.2, 0) is 13.1 Å². The van der Waals surface area contributed by atoms with E-state index < -0.39 is 0 Å². The maximum atomic E-state index is 4.65. The van der Waals surface area contributed by atoms with Crippen molar-refractivity contribution in [2.24, 2.45) is 4.99 Å². The molecule has 0 saturated carbocycles. The second kappa shape index (κ2) is 11.3. The number of rotatable bonds is 8. The number of para-hydroxylation sites is 1. The van der Waals surface area contributed by atoms with Gasteiger partial charge in [-0.25, -0.2) is 9.98 Å². The zero-order chi connectivity index (χ0) is 19.1. The van der Waals surface area contributed by atoms with E-state index in [1.165, 1.54) is 10.9 Å². The van der Waals surface area contributed by atoms with Crippen molar-refractivity contribution in [2.75, 3.05) is 32.1 Å². The van der Waals surface area contributed by atoms with Crippen LogP contribution < -0.4 is 15.5 Å². The van der Waals surface area contributed by atoms with Gasteiger partial charge in [0.15, 0.2) is 11.1 Å². The molecule has 0 bridgehead atoms. The van der Waals surface area contributed by atoms with E-state index in [2.05, 4.69) is 74.0 Å². The second-order valence-electron chi connectivity index (χ2n) is 6.56. The number of anilines is 1. The summed E-state index contributed by atoms with van der Waals surface area (Å²) in [6.07, 6.45) is 3.19. The number of hydrogen-bond donors (Lipinski definition) is 2. The maximum absolute atomic E-state index is 4.65. The van der Waals surface area contributed by atoms with Crippen LogP contribution in [0.1, 0.15) is 19.0 Å². The van der Waals surface area contributed by atoms with Gasteiger partial charge in [-0.15, -0.1) is 35.3 Å². The molecule has 6 nitrogen and oxygen atoms in total. The molecule has 8 heteroatoms. The summed E-state index contributed by atoms with van der Waals surface area (Å²) in [6.45, 7) is 5.36. The lowest BCUT2D eigenvalue weighted by molar-refractivity contribution is 0.641. The molecule has 0 aliphatic heterocycles. The Balaban J connectivity index is 0.00000280. The Morgan fingerprint density at radius 3 is 2.79 bits per heavy atom. The third-order valence-corrected chi connectivity index (χ3v) is 5.27. The summed E-state index contributed by atoms with van der Waals surface area (Å²) < 4.78 is 2.30. The van der Waals surface area contributed by atoms with Crippen LogP contribution in [0.2, 0.25) is 0 Å². The van der Waals surface area contributed by atoms with E-state index >= 15 is 0 Å². The highest BCUT2D eigenvalue weighted by molar-refractivity contribution is 14.0. The van der Waals surface area contributed by atoms with Crippen LogP contribution in [0, 0.1) is 0 Å². The van der Waals surface area contributed by atoms with Gasteiger partial charge >= 0.3 is 0 Å². The van der Waals surface area contributed by atoms with Crippen LogP contribution >= 0.6 is 35.3 Å². The Morgan fingerprint density at radius 2 is 2.04 bits per heavy atom. The van der Waals surface area contributed by atoms with Gasteiger partial charge in [-0.05, 0) is 30.9 Å². The molecular weight excluding hydrogens is 483 g/mol. The quantitative estimate of drug-likeness (QED) is 0.208. The Kier molecular flexibility index (Phi) is 9.04. The molecule has 0 atom stereocenters. The van der Waals surface area contributed by atoms with E-state index in [9.17, 15) is 0 Å². The molecule has 1 aromatic carbocycles. The first-order valence-electron chi connectivity index (χ1n) is 9.35. The molecule has 0 saturated heterocycles. The number of thiazole rings is 1. The molecule has 3 rings (SSSR count). The highest BCUT2D eigenvalue weighted by Crippen LogP contribution is 2.18. The molecule has 152 valence electrons. The van der Waals surface area contributed by atoms with E-state index in [0.717, 1.165) is 42.8 Å². The maximum Gasteiger partial charge on any atom is 0.191 e. The summed E-state index contributed by atoms with van der Waals surface area (Å²) >= 11 is 1.65. The molecule has 0 unspecified atom stereocenters. The zero-order valence-electron chi connectivity index (χ0n) is 16.7. The summed E-state index contributed by atoms with van der Waals surface area (Å²) in [6, 6.07) is 10.7. The number of aryl methyl sites for hydroxylation is 1. The predicted octanol–water partition coefficient (Wildman–Crippen LogP) is 3.93. The normalized spacial score (nSPS) is 11.3. The average Bonchev–Trinajstić information content (AvgIpc) is 3.30. The van der Waals surface area contributed by atoms with Gasteiger partial charge in [0.25, 0.3) is 0 Å². The summed E-state index contributed by atoms with van der Waals surface area (Å²) in [4.78, 5) is 11.3. The van der Waals surface area contributed by atoms with Gasteiger partial charge in [0.2, 0.25) is 0 Å². The van der Waals surface area contributed by atoms with Crippen molar-refractivity contribution in [1.82, 2.24) is 20.2 Å². The topological polar surface area (TPSA) is 57.5 Å². The lowest BCUT2D eigenvalue weighted by Crippen LogP contribution is -2.38. The van der Waals surface area contributed by atoms with Crippen molar-refractivity contribution in [3.63, 3.8) is 0 Å². The van der Waals surface area contributed by atoms with Crippen molar-refractivity contribution in [2.45, 2.75) is 26.4 Å².